The molecule has 1 unspecified atom stereocenters. The van der Waals surface area contributed by atoms with Crippen LogP contribution in [-0.2, 0) is 0 Å². The highest BCUT2D eigenvalue weighted by molar-refractivity contribution is 4.87. The lowest BCUT2D eigenvalue weighted by molar-refractivity contribution is 0.160. The molecule has 0 aromatic rings. The topological polar surface area (TPSA) is 12.0 Å². The Hall–Kier alpha value is -0.0400. The van der Waals surface area contributed by atoms with Crippen molar-refractivity contribution in [3.05, 3.63) is 0 Å². The van der Waals surface area contributed by atoms with Crippen molar-refractivity contribution in [2.45, 2.75) is 72.3 Å². The van der Waals surface area contributed by atoms with Crippen LogP contribution in [0.4, 0.5) is 0 Å². The van der Waals surface area contributed by atoms with Crippen molar-refractivity contribution in [1.82, 2.24) is 5.32 Å². The molecule has 0 aliphatic heterocycles. The van der Waals surface area contributed by atoms with Gasteiger partial charge in [-0.25, -0.2) is 0 Å². The fourth-order valence-corrected chi connectivity index (χ4v) is 3.07. The van der Waals surface area contributed by atoms with Gasteiger partial charge in [0.25, 0.3) is 0 Å². The molecule has 0 bridgehead atoms. The Morgan fingerprint density at radius 3 is 2.33 bits per heavy atom. The zero-order chi connectivity index (χ0) is 11.3. The van der Waals surface area contributed by atoms with Crippen LogP contribution in [-0.4, -0.2) is 12.6 Å². The van der Waals surface area contributed by atoms with Crippen molar-refractivity contribution < 1.29 is 0 Å². The number of hydrogen-bond donors (Lipinski definition) is 1. The highest BCUT2D eigenvalue weighted by atomic mass is 14.9. The minimum absolute atomic E-state index is 0.551. The minimum atomic E-state index is 0.551. The quantitative estimate of drug-likeness (QED) is 0.700. The summed E-state index contributed by atoms with van der Waals surface area (Å²) in [6.45, 7) is 10.5. The van der Waals surface area contributed by atoms with Crippen LogP contribution in [0.1, 0.15) is 66.2 Å². The van der Waals surface area contributed by atoms with Gasteiger partial charge in [0, 0.05) is 12.6 Å². The number of rotatable bonds is 6. The zero-order valence-corrected chi connectivity index (χ0v) is 11.1. The monoisotopic (exact) mass is 211 g/mol. The lowest BCUT2D eigenvalue weighted by atomic mass is 9.72. The van der Waals surface area contributed by atoms with Crippen molar-refractivity contribution in [3.63, 3.8) is 0 Å². The molecule has 1 fully saturated rings. The van der Waals surface area contributed by atoms with Gasteiger partial charge in [-0.2, -0.15) is 0 Å². The van der Waals surface area contributed by atoms with Gasteiger partial charge in [-0.3, -0.25) is 0 Å². The van der Waals surface area contributed by atoms with Gasteiger partial charge in [0.2, 0.25) is 0 Å². The van der Waals surface area contributed by atoms with Gasteiger partial charge in [-0.15, -0.1) is 0 Å². The smallest absolute Gasteiger partial charge is 0.00106 e. The lowest BCUT2D eigenvalue weighted by Gasteiger charge is -2.36. The van der Waals surface area contributed by atoms with Gasteiger partial charge in [-0.05, 0) is 30.6 Å². The van der Waals surface area contributed by atoms with Crippen LogP contribution in [0.2, 0.25) is 0 Å². The normalized spacial score (nSPS) is 22.2. The second-order valence-electron chi connectivity index (χ2n) is 5.92. The largest absolute Gasteiger partial charge is 0.314 e. The molecule has 0 spiro atoms. The van der Waals surface area contributed by atoms with E-state index >= 15 is 0 Å². The molecule has 0 saturated heterocycles. The summed E-state index contributed by atoms with van der Waals surface area (Å²) in [5.74, 6) is 0.976. The van der Waals surface area contributed by atoms with Crippen LogP contribution >= 0.6 is 0 Å². The summed E-state index contributed by atoms with van der Waals surface area (Å²) in [7, 11) is 0. The highest BCUT2D eigenvalue weighted by Crippen LogP contribution is 2.42. The van der Waals surface area contributed by atoms with E-state index in [9.17, 15) is 0 Å². The molecule has 1 rings (SSSR count). The van der Waals surface area contributed by atoms with Crippen LogP contribution in [0.5, 0.6) is 0 Å². The molecule has 1 N–H and O–H groups in total. The van der Waals surface area contributed by atoms with Crippen molar-refractivity contribution in [1.29, 1.82) is 0 Å². The average molecular weight is 211 g/mol. The summed E-state index contributed by atoms with van der Waals surface area (Å²) in [6, 6.07) is 0.627. The molecule has 0 aromatic carbocycles. The van der Waals surface area contributed by atoms with Crippen molar-refractivity contribution >= 4 is 0 Å². The highest BCUT2D eigenvalue weighted by Gasteiger charge is 2.34. The molecule has 1 nitrogen and oxygen atoms in total. The second kappa shape index (κ2) is 5.89. The van der Waals surface area contributed by atoms with E-state index in [2.05, 4.69) is 33.0 Å². The summed E-state index contributed by atoms with van der Waals surface area (Å²) in [5.41, 5.74) is 0.551. The average Bonchev–Trinajstić information content (AvgIpc) is 2.68. The standard InChI is InChI=1S/C14H29N/c1-5-10-14(4,11-15-12(2)3)13-8-6-7-9-13/h12-13,15H,5-11H2,1-4H3. The van der Waals surface area contributed by atoms with Crippen LogP contribution in [0.3, 0.4) is 0 Å². The Bertz CT molecular complexity index is 170. The maximum atomic E-state index is 3.65. The van der Waals surface area contributed by atoms with E-state index in [-0.39, 0.29) is 0 Å². The zero-order valence-electron chi connectivity index (χ0n) is 11.1. The maximum absolute atomic E-state index is 3.65. The summed E-state index contributed by atoms with van der Waals surface area (Å²) in [5, 5.41) is 3.65. The Morgan fingerprint density at radius 2 is 1.87 bits per heavy atom. The molecular weight excluding hydrogens is 182 g/mol. The van der Waals surface area contributed by atoms with E-state index < -0.39 is 0 Å². The van der Waals surface area contributed by atoms with Gasteiger partial charge < -0.3 is 5.32 Å². The Kier molecular flexibility index (Phi) is 5.11. The summed E-state index contributed by atoms with van der Waals surface area (Å²) in [4.78, 5) is 0. The van der Waals surface area contributed by atoms with Gasteiger partial charge in [0.15, 0.2) is 0 Å². The van der Waals surface area contributed by atoms with Crippen molar-refractivity contribution in [3.8, 4) is 0 Å². The molecule has 0 radical (unpaired) electrons. The summed E-state index contributed by atoms with van der Waals surface area (Å²) >= 11 is 0. The van der Waals surface area contributed by atoms with Crippen LogP contribution in [0.15, 0.2) is 0 Å². The third-order valence-electron chi connectivity index (χ3n) is 4.08. The van der Waals surface area contributed by atoms with Crippen molar-refractivity contribution in [2.24, 2.45) is 11.3 Å². The molecule has 1 heteroatoms. The Morgan fingerprint density at radius 1 is 1.27 bits per heavy atom. The first-order chi connectivity index (χ1) is 7.08. The number of hydrogen-bond acceptors (Lipinski definition) is 1. The molecule has 1 saturated carbocycles. The fourth-order valence-electron chi connectivity index (χ4n) is 3.07. The molecule has 1 aliphatic rings. The second-order valence-corrected chi connectivity index (χ2v) is 5.92. The predicted molar refractivity (Wildman–Crippen MR) is 68.1 cm³/mol. The fraction of sp³-hybridized carbons (Fsp3) is 1.00. The molecule has 1 aliphatic carbocycles. The van der Waals surface area contributed by atoms with E-state index in [1.54, 1.807) is 0 Å². The van der Waals surface area contributed by atoms with Gasteiger partial charge in [-0.1, -0.05) is 47.0 Å². The van der Waals surface area contributed by atoms with Gasteiger partial charge in [0.1, 0.15) is 0 Å². The van der Waals surface area contributed by atoms with E-state index in [1.165, 1.54) is 45.1 Å². The third-order valence-corrected chi connectivity index (χ3v) is 4.08. The SMILES string of the molecule is CCCC(C)(CNC(C)C)C1CCCC1. The lowest BCUT2D eigenvalue weighted by Crippen LogP contribution is -2.39. The first-order valence-electron chi connectivity index (χ1n) is 6.82. The van der Waals surface area contributed by atoms with Crippen LogP contribution in [0, 0.1) is 11.3 Å². The van der Waals surface area contributed by atoms with Crippen LogP contribution < -0.4 is 5.32 Å². The summed E-state index contributed by atoms with van der Waals surface area (Å²) in [6.07, 6.45) is 8.58. The maximum Gasteiger partial charge on any atom is 0.00106 e. The predicted octanol–water partition coefficient (Wildman–Crippen LogP) is 3.98. The molecule has 1 atom stereocenters. The summed E-state index contributed by atoms with van der Waals surface area (Å²) < 4.78 is 0. The number of nitrogens with one attached hydrogen (secondary N) is 1. The minimum Gasteiger partial charge on any atom is -0.314 e. The molecule has 0 amide bonds. The van der Waals surface area contributed by atoms with E-state index in [0.717, 1.165) is 5.92 Å². The van der Waals surface area contributed by atoms with E-state index in [0.29, 0.717) is 11.5 Å². The molecule has 0 aromatic heterocycles. The molecule has 15 heavy (non-hydrogen) atoms. The first kappa shape index (κ1) is 13.0. The molecular formula is C14H29N. The third kappa shape index (κ3) is 3.79. The van der Waals surface area contributed by atoms with E-state index in [4.69, 9.17) is 0 Å². The Balaban J connectivity index is 2.51. The first-order valence-corrected chi connectivity index (χ1v) is 6.82. The van der Waals surface area contributed by atoms with Gasteiger partial charge in [0.05, 0.1) is 0 Å². The van der Waals surface area contributed by atoms with E-state index in [1.807, 2.05) is 0 Å². The van der Waals surface area contributed by atoms with Gasteiger partial charge >= 0.3 is 0 Å². The molecule has 90 valence electrons. The molecule has 0 heterocycles. The van der Waals surface area contributed by atoms with Crippen molar-refractivity contribution in [2.75, 3.05) is 6.54 Å². The Labute approximate surface area is 96.0 Å². The van der Waals surface area contributed by atoms with Crippen LogP contribution in [0.25, 0.3) is 0 Å².